The van der Waals surface area contributed by atoms with Crippen LogP contribution in [-0.2, 0) is 19.7 Å². The molecule has 1 atom stereocenters. The molecule has 1 aromatic rings. The van der Waals surface area contributed by atoms with Gasteiger partial charge in [0.2, 0.25) is 11.8 Å². The summed E-state index contributed by atoms with van der Waals surface area (Å²) in [5.41, 5.74) is 0.562. The van der Waals surface area contributed by atoms with Crippen LogP contribution < -0.4 is 5.32 Å². The van der Waals surface area contributed by atoms with Crippen molar-refractivity contribution in [2.75, 3.05) is 32.8 Å². The molecular formula is C21H30N2O3. The first kappa shape index (κ1) is 18.9. The predicted octanol–water partition coefficient (Wildman–Crippen LogP) is 2.50. The maximum atomic E-state index is 13.6. The first-order valence-electron chi connectivity index (χ1n) is 9.88. The van der Waals surface area contributed by atoms with Crippen molar-refractivity contribution in [3.63, 3.8) is 0 Å². The van der Waals surface area contributed by atoms with Gasteiger partial charge >= 0.3 is 0 Å². The van der Waals surface area contributed by atoms with Gasteiger partial charge in [0.25, 0.3) is 0 Å². The van der Waals surface area contributed by atoms with Gasteiger partial charge in [-0.15, -0.1) is 0 Å². The van der Waals surface area contributed by atoms with Crippen molar-refractivity contribution >= 4 is 11.8 Å². The van der Waals surface area contributed by atoms with Gasteiger partial charge in [-0.1, -0.05) is 37.3 Å². The smallest absolute Gasteiger partial charge is 0.233 e. The van der Waals surface area contributed by atoms with Gasteiger partial charge in [0.05, 0.1) is 11.3 Å². The van der Waals surface area contributed by atoms with Crippen LogP contribution >= 0.6 is 0 Å². The topological polar surface area (TPSA) is 58.6 Å². The lowest BCUT2D eigenvalue weighted by atomic mass is 9.72. The van der Waals surface area contributed by atoms with Crippen LogP contribution in [0.2, 0.25) is 0 Å². The van der Waals surface area contributed by atoms with E-state index in [1.54, 1.807) is 0 Å². The minimum absolute atomic E-state index is 0.0880. The molecule has 2 amide bonds. The highest BCUT2D eigenvalue weighted by Gasteiger charge is 2.45. The van der Waals surface area contributed by atoms with Crippen LogP contribution in [0.15, 0.2) is 30.3 Å². The van der Waals surface area contributed by atoms with Gasteiger partial charge in [-0.05, 0) is 37.7 Å². The lowest BCUT2D eigenvalue weighted by Crippen LogP contribution is -2.54. The first-order valence-corrected chi connectivity index (χ1v) is 9.88. The molecule has 5 nitrogen and oxygen atoms in total. The second-order valence-electron chi connectivity index (χ2n) is 7.44. The SMILES string of the molecule is CCCNC(=O)C1CCCN(C(=O)C2(c3ccccc3)CCOCC2)C1. The second-order valence-corrected chi connectivity index (χ2v) is 7.44. The molecule has 1 unspecified atom stereocenters. The maximum Gasteiger partial charge on any atom is 0.233 e. The van der Waals surface area contributed by atoms with Gasteiger partial charge in [-0.2, -0.15) is 0 Å². The molecule has 1 aromatic carbocycles. The van der Waals surface area contributed by atoms with Crippen molar-refractivity contribution in [3.05, 3.63) is 35.9 Å². The predicted molar refractivity (Wildman–Crippen MR) is 101 cm³/mol. The van der Waals surface area contributed by atoms with Crippen molar-refractivity contribution in [1.82, 2.24) is 10.2 Å². The number of nitrogens with zero attached hydrogens (tertiary/aromatic N) is 1. The minimum Gasteiger partial charge on any atom is -0.381 e. The Morgan fingerprint density at radius 3 is 2.65 bits per heavy atom. The first-order chi connectivity index (χ1) is 12.7. The van der Waals surface area contributed by atoms with Gasteiger partial charge in [0.15, 0.2) is 0 Å². The highest BCUT2D eigenvalue weighted by Crippen LogP contribution is 2.37. The molecule has 2 aliphatic heterocycles. The molecular weight excluding hydrogens is 328 g/mol. The summed E-state index contributed by atoms with van der Waals surface area (Å²) in [7, 11) is 0. The van der Waals surface area contributed by atoms with Crippen LogP contribution in [0.4, 0.5) is 0 Å². The Labute approximate surface area is 156 Å². The summed E-state index contributed by atoms with van der Waals surface area (Å²) in [4.78, 5) is 27.9. The number of amides is 2. The second kappa shape index (κ2) is 8.67. The van der Waals surface area contributed by atoms with Crippen molar-refractivity contribution in [2.45, 2.75) is 44.4 Å². The van der Waals surface area contributed by atoms with Crippen molar-refractivity contribution < 1.29 is 14.3 Å². The van der Waals surface area contributed by atoms with Gasteiger partial charge in [0.1, 0.15) is 0 Å². The summed E-state index contributed by atoms with van der Waals surface area (Å²) in [6, 6.07) is 10.1. The van der Waals surface area contributed by atoms with E-state index in [-0.39, 0.29) is 17.7 Å². The molecule has 3 rings (SSSR count). The van der Waals surface area contributed by atoms with Gasteiger partial charge in [-0.3, -0.25) is 9.59 Å². The Kier molecular flexibility index (Phi) is 6.30. The molecule has 0 radical (unpaired) electrons. The number of rotatable bonds is 5. The Hall–Kier alpha value is -1.88. The number of piperidine rings is 1. The summed E-state index contributed by atoms with van der Waals surface area (Å²) in [5.74, 6) is 0.164. The number of likely N-dealkylation sites (tertiary alicyclic amines) is 1. The number of carbonyl (C=O) groups is 2. The lowest BCUT2D eigenvalue weighted by molar-refractivity contribution is -0.144. The average Bonchev–Trinajstić information content (AvgIpc) is 2.72. The van der Waals surface area contributed by atoms with E-state index in [9.17, 15) is 9.59 Å². The Morgan fingerprint density at radius 1 is 1.23 bits per heavy atom. The maximum absolute atomic E-state index is 13.6. The highest BCUT2D eigenvalue weighted by atomic mass is 16.5. The standard InChI is InChI=1S/C21H30N2O3/c1-2-12-22-19(24)17-7-6-13-23(16-17)20(25)21(10-14-26-15-11-21)18-8-4-3-5-9-18/h3-5,8-9,17H,2,6-7,10-16H2,1H3,(H,22,24). The molecule has 2 fully saturated rings. The third kappa shape index (κ3) is 3.93. The molecule has 5 heteroatoms. The van der Waals surface area contributed by atoms with E-state index in [0.717, 1.165) is 31.4 Å². The molecule has 142 valence electrons. The van der Waals surface area contributed by atoms with Gasteiger partial charge in [0, 0.05) is 32.8 Å². The number of hydrogen-bond acceptors (Lipinski definition) is 3. The van der Waals surface area contributed by atoms with E-state index < -0.39 is 5.41 Å². The number of benzene rings is 1. The molecule has 26 heavy (non-hydrogen) atoms. The quantitative estimate of drug-likeness (QED) is 0.880. The van der Waals surface area contributed by atoms with Crippen molar-refractivity contribution in [2.24, 2.45) is 5.92 Å². The minimum atomic E-state index is -0.513. The zero-order valence-electron chi connectivity index (χ0n) is 15.7. The number of hydrogen-bond donors (Lipinski definition) is 1. The summed E-state index contributed by atoms with van der Waals surface area (Å²) in [6.07, 6.45) is 4.09. The molecule has 0 bridgehead atoms. The average molecular weight is 358 g/mol. The Balaban J connectivity index is 1.77. The van der Waals surface area contributed by atoms with E-state index in [1.807, 2.05) is 30.0 Å². The fourth-order valence-electron chi connectivity index (χ4n) is 4.17. The van der Waals surface area contributed by atoms with Crippen LogP contribution in [0, 0.1) is 5.92 Å². The van der Waals surface area contributed by atoms with Crippen molar-refractivity contribution in [3.8, 4) is 0 Å². The zero-order chi connectivity index (χ0) is 18.4. The third-order valence-electron chi connectivity index (χ3n) is 5.71. The number of ether oxygens (including phenoxy) is 1. The fourth-order valence-corrected chi connectivity index (χ4v) is 4.17. The third-order valence-corrected chi connectivity index (χ3v) is 5.71. The van der Waals surface area contributed by atoms with E-state index in [1.165, 1.54) is 0 Å². The summed E-state index contributed by atoms with van der Waals surface area (Å²) in [6.45, 7) is 5.24. The largest absolute Gasteiger partial charge is 0.381 e. The lowest BCUT2D eigenvalue weighted by Gasteiger charge is -2.42. The van der Waals surface area contributed by atoms with Gasteiger partial charge < -0.3 is 15.0 Å². The van der Waals surface area contributed by atoms with Crippen LogP contribution in [0.25, 0.3) is 0 Å². The van der Waals surface area contributed by atoms with Gasteiger partial charge in [-0.25, -0.2) is 0 Å². The zero-order valence-corrected chi connectivity index (χ0v) is 15.7. The van der Waals surface area contributed by atoms with Crippen LogP contribution in [0.5, 0.6) is 0 Å². The number of carbonyl (C=O) groups excluding carboxylic acids is 2. The van der Waals surface area contributed by atoms with E-state index in [0.29, 0.717) is 39.1 Å². The van der Waals surface area contributed by atoms with E-state index >= 15 is 0 Å². The summed E-state index contributed by atoms with van der Waals surface area (Å²) >= 11 is 0. The summed E-state index contributed by atoms with van der Waals surface area (Å²) < 4.78 is 5.55. The molecule has 2 heterocycles. The molecule has 0 saturated carbocycles. The molecule has 0 aliphatic carbocycles. The normalized spacial score (nSPS) is 22.7. The van der Waals surface area contributed by atoms with E-state index in [2.05, 4.69) is 17.4 Å². The van der Waals surface area contributed by atoms with Crippen LogP contribution in [-0.4, -0.2) is 49.6 Å². The highest BCUT2D eigenvalue weighted by molar-refractivity contribution is 5.89. The van der Waals surface area contributed by atoms with Crippen LogP contribution in [0.1, 0.15) is 44.6 Å². The molecule has 2 aliphatic rings. The summed E-state index contributed by atoms with van der Waals surface area (Å²) in [5, 5.41) is 2.99. The monoisotopic (exact) mass is 358 g/mol. The van der Waals surface area contributed by atoms with Crippen LogP contribution in [0.3, 0.4) is 0 Å². The number of nitrogens with one attached hydrogen (secondary N) is 1. The molecule has 2 saturated heterocycles. The van der Waals surface area contributed by atoms with E-state index in [4.69, 9.17) is 4.74 Å². The van der Waals surface area contributed by atoms with Crippen molar-refractivity contribution in [1.29, 1.82) is 0 Å². The Morgan fingerprint density at radius 2 is 1.96 bits per heavy atom. The Bertz CT molecular complexity index is 611. The fraction of sp³-hybridized carbons (Fsp3) is 0.619. The molecule has 1 N–H and O–H groups in total. The molecule has 0 spiro atoms. The molecule has 0 aromatic heterocycles.